The average Bonchev–Trinajstić information content (AvgIpc) is 2.88. The molecule has 0 aromatic heterocycles. The van der Waals surface area contributed by atoms with E-state index in [1.807, 2.05) is 6.07 Å². The van der Waals surface area contributed by atoms with Crippen molar-refractivity contribution in [2.75, 3.05) is 13.2 Å². The maximum Gasteiger partial charge on any atom is 0.139 e. The van der Waals surface area contributed by atoms with Crippen molar-refractivity contribution >= 4 is 5.78 Å². The van der Waals surface area contributed by atoms with E-state index in [2.05, 4.69) is 19.1 Å². The summed E-state index contributed by atoms with van der Waals surface area (Å²) in [6.07, 6.45) is 6.39. The molecule has 1 N–H and O–H groups in total. The summed E-state index contributed by atoms with van der Waals surface area (Å²) in [5, 5.41) is 8.90. The third kappa shape index (κ3) is 2.32. The van der Waals surface area contributed by atoms with Gasteiger partial charge >= 0.3 is 0 Å². The molecule has 23 heavy (non-hydrogen) atoms. The minimum atomic E-state index is -0.0388. The van der Waals surface area contributed by atoms with Gasteiger partial charge in [-0.3, -0.25) is 4.79 Å². The first-order valence-corrected chi connectivity index (χ1v) is 9.03. The predicted molar refractivity (Wildman–Crippen MR) is 88.6 cm³/mol. The van der Waals surface area contributed by atoms with Gasteiger partial charge in [0.15, 0.2) is 0 Å². The molecule has 0 aliphatic heterocycles. The molecular formula is C20H26O3. The second-order valence-corrected chi connectivity index (χ2v) is 7.77. The molecule has 0 heterocycles. The van der Waals surface area contributed by atoms with Gasteiger partial charge in [0.2, 0.25) is 0 Å². The number of Topliss-reactive ketones (excluding diaryl/α,β-unsaturated/α-hetero) is 1. The summed E-state index contributed by atoms with van der Waals surface area (Å²) in [6, 6.07) is 6.44. The molecule has 3 heteroatoms. The third-order valence-corrected chi connectivity index (χ3v) is 6.77. The van der Waals surface area contributed by atoms with Gasteiger partial charge in [0.25, 0.3) is 0 Å². The molecule has 3 nitrogen and oxygen atoms in total. The number of ketones is 1. The van der Waals surface area contributed by atoms with Crippen molar-refractivity contribution in [1.82, 2.24) is 0 Å². The van der Waals surface area contributed by atoms with Crippen molar-refractivity contribution in [3.8, 4) is 5.75 Å². The molecule has 0 spiro atoms. The van der Waals surface area contributed by atoms with Gasteiger partial charge in [-0.05, 0) is 73.1 Å². The molecule has 2 saturated carbocycles. The monoisotopic (exact) mass is 314 g/mol. The number of aliphatic hydroxyl groups excluding tert-OH is 1. The first kappa shape index (κ1) is 15.2. The van der Waals surface area contributed by atoms with Crippen LogP contribution >= 0.6 is 0 Å². The number of carbonyl (C=O) groups is 1. The number of hydrogen-bond donors (Lipinski definition) is 1. The fraction of sp³-hybridized carbons (Fsp3) is 0.650. The highest BCUT2D eigenvalue weighted by Crippen LogP contribution is 2.59. The van der Waals surface area contributed by atoms with Crippen molar-refractivity contribution in [3.05, 3.63) is 29.3 Å². The minimum Gasteiger partial charge on any atom is -0.491 e. The van der Waals surface area contributed by atoms with Crippen LogP contribution in [0.5, 0.6) is 5.75 Å². The van der Waals surface area contributed by atoms with Crippen molar-refractivity contribution in [2.45, 2.75) is 51.4 Å². The Morgan fingerprint density at radius 1 is 1.26 bits per heavy atom. The van der Waals surface area contributed by atoms with Crippen LogP contribution in [0.4, 0.5) is 0 Å². The lowest BCUT2D eigenvalue weighted by atomic mass is 9.55. The Labute approximate surface area is 138 Å². The summed E-state index contributed by atoms with van der Waals surface area (Å²) in [7, 11) is 0. The molecule has 4 rings (SSSR count). The standard InChI is InChI=1S/C20H26O3/c1-20-9-8-16-15-5-3-14(23-11-10-21)12-13(15)2-4-17(16)18(20)6-7-19(20)22/h3,5,12,16-18,21H,2,4,6-11H2,1H3/t16-,17-,18+,20+/m1/s1. The topological polar surface area (TPSA) is 46.5 Å². The van der Waals surface area contributed by atoms with Crippen LogP contribution in [-0.2, 0) is 11.2 Å². The van der Waals surface area contributed by atoms with E-state index in [0.29, 0.717) is 30.1 Å². The molecule has 2 fully saturated rings. The highest BCUT2D eigenvalue weighted by molar-refractivity contribution is 5.87. The van der Waals surface area contributed by atoms with Gasteiger partial charge in [-0.2, -0.15) is 0 Å². The highest BCUT2D eigenvalue weighted by atomic mass is 16.5. The van der Waals surface area contributed by atoms with Crippen LogP contribution in [0.1, 0.15) is 56.1 Å². The Kier molecular flexibility index (Phi) is 3.72. The Hall–Kier alpha value is -1.35. The smallest absolute Gasteiger partial charge is 0.139 e. The number of hydrogen-bond acceptors (Lipinski definition) is 3. The van der Waals surface area contributed by atoms with Gasteiger partial charge in [-0.25, -0.2) is 0 Å². The van der Waals surface area contributed by atoms with Crippen LogP contribution in [0.3, 0.4) is 0 Å². The number of carbonyl (C=O) groups excluding carboxylic acids is 1. The quantitative estimate of drug-likeness (QED) is 0.929. The average molecular weight is 314 g/mol. The van der Waals surface area contributed by atoms with E-state index < -0.39 is 0 Å². The fourth-order valence-electron chi connectivity index (χ4n) is 5.58. The molecule has 124 valence electrons. The summed E-state index contributed by atoms with van der Waals surface area (Å²) in [6.45, 7) is 2.63. The van der Waals surface area contributed by atoms with E-state index in [1.54, 1.807) is 0 Å². The molecule has 4 atom stereocenters. The van der Waals surface area contributed by atoms with E-state index in [4.69, 9.17) is 9.84 Å². The van der Waals surface area contributed by atoms with E-state index in [9.17, 15) is 4.79 Å². The number of aryl methyl sites for hydroxylation is 1. The molecule has 3 aliphatic rings. The molecule has 1 aromatic rings. The minimum absolute atomic E-state index is 0.0388. The van der Waals surface area contributed by atoms with Gasteiger partial charge in [-0.1, -0.05) is 13.0 Å². The van der Waals surface area contributed by atoms with Crippen LogP contribution in [0.15, 0.2) is 18.2 Å². The van der Waals surface area contributed by atoms with Crippen LogP contribution in [0.2, 0.25) is 0 Å². The summed E-state index contributed by atoms with van der Waals surface area (Å²) >= 11 is 0. The van der Waals surface area contributed by atoms with Crippen molar-refractivity contribution in [1.29, 1.82) is 0 Å². The van der Waals surface area contributed by atoms with E-state index in [1.165, 1.54) is 17.5 Å². The van der Waals surface area contributed by atoms with Crippen LogP contribution in [-0.4, -0.2) is 24.1 Å². The Morgan fingerprint density at radius 3 is 2.96 bits per heavy atom. The Balaban J connectivity index is 1.61. The van der Waals surface area contributed by atoms with Crippen LogP contribution < -0.4 is 4.74 Å². The lowest BCUT2D eigenvalue weighted by molar-refractivity contribution is -0.129. The van der Waals surface area contributed by atoms with Gasteiger partial charge in [0.05, 0.1) is 6.61 Å². The van der Waals surface area contributed by atoms with Gasteiger partial charge in [0.1, 0.15) is 18.1 Å². The predicted octanol–water partition coefficient (Wildman–Crippen LogP) is 3.48. The second kappa shape index (κ2) is 5.62. The maximum atomic E-state index is 12.4. The van der Waals surface area contributed by atoms with Crippen molar-refractivity contribution < 1.29 is 14.6 Å². The number of aliphatic hydroxyl groups is 1. The number of ether oxygens (including phenoxy) is 1. The highest BCUT2D eigenvalue weighted by Gasteiger charge is 2.54. The molecule has 0 bridgehead atoms. The first-order valence-electron chi connectivity index (χ1n) is 9.03. The Bertz CT molecular complexity index is 623. The fourth-order valence-corrected chi connectivity index (χ4v) is 5.58. The SMILES string of the molecule is C[C@]12CC[C@@H]3c4ccc(OCCO)cc4CC[C@H]3[C@@H]1CCC2=O. The summed E-state index contributed by atoms with van der Waals surface area (Å²) < 4.78 is 5.56. The van der Waals surface area contributed by atoms with E-state index in [0.717, 1.165) is 37.9 Å². The zero-order chi connectivity index (χ0) is 16.0. The number of benzene rings is 1. The first-order chi connectivity index (χ1) is 11.1. The van der Waals surface area contributed by atoms with Gasteiger partial charge in [0, 0.05) is 11.8 Å². The molecule has 0 amide bonds. The van der Waals surface area contributed by atoms with Gasteiger partial charge < -0.3 is 9.84 Å². The lowest BCUT2D eigenvalue weighted by Gasteiger charge is -2.48. The third-order valence-electron chi connectivity index (χ3n) is 6.77. The zero-order valence-corrected chi connectivity index (χ0v) is 13.9. The summed E-state index contributed by atoms with van der Waals surface area (Å²) in [5.41, 5.74) is 2.86. The molecule has 1 aromatic carbocycles. The molecular weight excluding hydrogens is 288 g/mol. The van der Waals surface area contributed by atoms with Gasteiger partial charge in [-0.15, -0.1) is 0 Å². The van der Waals surface area contributed by atoms with E-state index >= 15 is 0 Å². The van der Waals surface area contributed by atoms with Crippen molar-refractivity contribution in [3.63, 3.8) is 0 Å². The second-order valence-electron chi connectivity index (χ2n) is 7.77. The number of rotatable bonds is 3. The molecule has 0 unspecified atom stereocenters. The molecule has 3 aliphatic carbocycles. The van der Waals surface area contributed by atoms with Crippen molar-refractivity contribution in [2.24, 2.45) is 17.3 Å². The molecule has 0 radical (unpaired) electrons. The number of fused-ring (bicyclic) bond motifs is 5. The Morgan fingerprint density at radius 2 is 2.13 bits per heavy atom. The van der Waals surface area contributed by atoms with E-state index in [-0.39, 0.29) is 12.0 Å². The largest absolute Gasteiger partial charge is 0.491 e. The lowest BCUT2D eigenvalue weighted by Crippen LogP contribution is -2.42. The molecule has 0 saturated heterocycles. The van der Waals surface area contributed by atoms with Crippen LogP contribution in [0, 0.1) is 17.3 Å². The summed E-state index contributed by atoms with van der Waals surface area (Å²) in [5.74, 6) is 3.27. The summed E-state index contributed by atoms with van der Waals surface area (Å²) in [4.78, 5) is 12.4. The normalized spacial score (nSPS) is 35.4. The maximum absolute atomic E-state index is 12.4. The zero-order valence-electron chi connectivity index (χ0n) is 13.9. The van der Waals surface area contributed by atoms with Crippen LogP contribution in [0.25, 0.3) is 0 Å².